The summed E-state index contributed by atoms with van der Waals surface area (Å²) in [5.74, 6) is 1.42. The van der Waals surface area contributed by atoms with Crippen LogP contribution in [0.3, 0.4) is 0 Å². The lowest BCUT2D eigenvalue weighted by atomic mass is 9.89. The summed E-state index contributed by atoms with van der Waals surface area (Å²) in [6.07, 6.45) is 1.66. The maximum Gasteiger partial charge on any atom is 0.236 e. The number of rotatable bonds is 8. The summed E-state index contributed by atoms with van der Waals surface area (Å²) in [7, 11) is 0. The van der Waals surface area contributed by atoms with Gasteiger partial charge in [0.1, 0.15) is 12.4 Å². The second-order valence-electron chi connectivity index (χ2n) is 8.66. The Hall–Kier alpha value is -2.70. The first-order valence-electron chi connectivity index (χ1n) is 11.7. The molecule has 6 heteroatoms. The summed E-state index contributed by atoms with van der Waals surface area (Å²) in [5.41, 5.74) is 0.800. The highest BCUT2D eigenvalue weighted by Crippen LogP contribution is 2.22. The molecule has 2 aliphatic rings. The van der Waals surface area contributed by atoms with Crippen molar-refractivity contribution in [1.29, 1.82) is 0 Å². The van der Waals surface area contributed by atoms with E-state index in [4.69, 9.17) is 4.74 Å². The van der Waals surface area contributed by atoms with E-state index in [2.05, 4.69) is 9.80 Å². The van der Waals surface area contributed by atoms with Gasteiger partial charge in [-0.15, -0.1) is 0 Å². The van der Waals surface area contributed by atoms with E-state index in [1.165, 1.54) is 0 Å². The second kappa shape index (κ2) is 11.2. The van der Waals surface area contributed by atoms with Crippen molar-refractivity contribution in [2.75, 3.05) is 59.0 Å². The molecule has 2 heterocycles. The molecule has 6 nitrogen and oxygen atoms in total. The van der Waals surface area contributed by atoms with E-state index in [-0.39, 0.29) is 17.6 Å². The average Bonchev–Trinajstić information content (AvgIpc) is 2.86. The predicted octanol–water partition coefficient (Wildman–Crippen LogP) is 2.80. The molecule has 2 saturated heterocycles. The molecule has 2 aliphatic heterocycles. The first-order valence-corrected chi connectivity index (χ1v) is 11.7. The van der Waals surface area contributed by atoms with Gasteiger partial charge in [0.05, 0.1) is 6.54 Å². The van der Waals surface area contributed by atoms with Crippen molar-refractivity contribution in [2.24, 2.45) is 5.92 Å². The van der Waals surface area contributed by atoms with Crippen LogP contribution in [-0.4, -0.2) is 85.4 Å². The van der Waals surface area contributed by atoms with Crippen molar-refractivity contribution in [3.05, 3.63) is 66.2 Å². The largest absolute Gasteiger partial charge is 0.492 e. The van der Waals surface area contributed by atoms with E-state index in [1.54, 1.807) is 0 Å². The second-order valence-corrected chi connectivity index (χ2v) is 8.66. The number of nitrogens with zero attached hydrogens (tertiary/aromatic N) is 3. The Bertz CT molecular complexity index is 858. The van der Waals surface area contributed by atoms with Gasteiger partial charge in [0.25, 0.3) is 0 Å². The SMILES string of the molecule is O=C(c1ccccc1)C1CCN(CC(=O)N2CCN(CCOc3ccccc3)CC2)CC1. The van der Waals surface area contributed by atoms with E-state index < -0.39 is 0 Å². The van der Waals surface area contributed by atoms with Crippen LogP contribution in [-0.2, 0) is 4.79 Å². The summed E-state index contributed by atoms with van der Waals surface area (Å²) < 4.78 is 5.78. The van der Waals surface area contributed by atoms with Gasteiger partial charge >= 0.3 is 0 Å². The highest BCUT2D eigenvalue weighted by molar-refractivity contribution is 5.97. The molecule has 0 bridgehead atoms. The number of benzene rings is 2. The van der Waals surface area contributed by atoms with Crippen molar-refractivity contribution in [3.63, 3.8) is 0 Å². The molecule has 0 saturated carbocycles. The number of para-hydroxylation sites is 1. The van der Waals surface area contributed by atoms with Crippen LogP contribution < -0.4 is 4.74 Å². The fourth-order valence-electron chi connectivity index (χ4n) is 4.51. The Kier molecular flexibility index (Phi) is 7.91. The van der Waals surface area contributed by atoms with E-state index >= 15 is 0 Å². The normalized spacial score (nSPS) is 18.4. The van der Waals surface area contributed by atoms with Crippen molar-refractivity contribution in [1.82, 2.24) is 14.7 Å². The third-order valence-electron chi connectivity index (χ3n) is 6.52. The molecule has 0 unspecified atom stereocenters. The number of carbonyl (C=O) groups excluding carboxylic acids is 2. The molecular formula is C26H33N3O3. The Morgan fingerprint density at radius 1 is 0.781 bits per heavy atom. The van der Waals surface area contributed by atoms with Crippen LogP contribution in [0.15, 0.2) is 60.7 Å². The number of amides is 1. The first-order chi connectivity index (χ1) is 15.7. The lowest BCUT2D eigenvalue weighted by Crippen LogP contribution is -2.52. The summed E-state index contributed by atoms with van der Waals surface area (Å²) in [6.45, 7) is 6.94. The zero-order valence-corrected chi connectivity index (χ0v) is 18.7. The van der Waals surface area contributed by atoms with E-state index in [9.17, 15) is 9.59 Å². The topological polar surface area (TPSA) is 53.1 Å². The predicted molar refractivity (Wildman–Crippen MR) is 125 cm³/mol. The van der Waals surface area contributed by atoms with Crippen LogP contribution in [0.1, 0.15) is 23.2 Å². The molecule has 4 rings (SSSR count). The zero-order chi connectivity index (χ0) is 22.2. The minimum Gasteiger partial charge on any atom is -0.492 e. The van der Waals surface area contributed by atoms with Gasteiger partial charge < -0.3 is 9.64 Å². The third kappa shape index (κ3) is 6.17. The van der Waals surface area contributed by atoms with E-state index in [0.29, 0.717) is 13.2 Å². The summed E-state index contributed by atoms with van der Waals surface area (Å²) in [6, 6.07) is 19.4. The molecule has 0 aliphatic carbocycles. The number of ketones is 1. The van der Waals surface area contributed by atoms with Crippen LogP contribution in [0.5, 0.6) is 5.75 Å². The fraction of sp³-hybridized carbons (Fsp3) is 0.462. The van der Waals surface area contributed by atoms with Crippen LogP contribution >= 0.6 is 0 Å². The maximum atomic E-state index is 12.8. The van der Waals surface area contributed by atoms with Gasteiger partial charge in [-0.2, -0.15) is 0 Å². The Morgan fingerprint density at radius 3 is 2.06 bits per heavy atom. The molecule has 0 N–H and O–H groups in total. The van der Waals surface area contributed by atoms with Gasteiger partial charge in [-0.1, -0.05) is 48.5 Å². The molecule has 0 aromatic heterocycles. The molecule has 1 amide bonds. The number of piperidine rings is 1. The summed E-state index contributed by atoms with van der Waals surface area (Å²) >= 11 is 0. The van der Waals surface area contributed by atoms with Crippen LogP contribution in [0.4, 0.5) is 0 Å². The average molecular weight is 436 g/mol. The minimum atomic E-state index is 0.0744. The van der Waals surface area contributed by atoms with Crippen molar-refractivity contribution in [3.8, 4) is 5.75 Å². The quantitative estimate of drug-likeness (QED) is 0.597. The standard InChI is InChI=1S/C26H33N3O3/c30-25(21-28-13-11-23(12-14-28)26(31)22-7-3-1-4-8-22)29-17-15-27(16-18-29)19-20-32-24-9-5-2-6-10-24/h1-10,23H,11-21H2. The fourth-order valence-corrected chi connectivity index (χ4v) is 4.51. The molecule has 2 fully saturated rings. The highest BCUT2D eigenvalue weighted by Gasteiger charge is 2.28. The highest BCUT2D eigenvalue weighted by atomic mass is 16.5. The van der Waals surface area contributed by atoms with Gasteiger partial charge in [0, 0.05) is 44.2 Å². The molecule has 2 aromatic carbocycles. The smallest absolute Gasteiger partial charge is 0.236 e. The monoisotopic (exact) mass is 435 g/mol. The van der Waals surface area contributed by atoms with Crippen LogP contribution in [0, 0.1) is 5.92 Å². The van der Waals surface area contributed by atoms with E-state index in [1.807, 2.05) is 65.6 Å². The maximum absolute atomic E-state index is 12.8. The molecular weight excluding hydrogens is 402 g/mol. The minimum absolute atomic E-state index is 0.0744. The number of hydrogen-bond donors (Lipinski definition) is 0. The molecule has 2 aromatic rings. The van der Waals surface area contributed by atoms with E-state index in [0.717, 1.165) is 70.0 Å². The van der Waals surface area contributed by atoms with Gasteiger partial charge in [-0.3, -0.25) is 19.4 Å². The van der Waals surface area contributed by atoms with Crippen molar-refractivity contribution in [2.45, 2.75) is 12.8 Å². The molecule has 170 valence electrons. The lowest BCUT2D eigenvalue weighted by molar-refractivity contribution is -0.134. The summed E-state index contributed by atoms with van der Waals surface area (Å²) in [4.78, 5) is 32.0. The van der Waals surface area contributed by atoms with Gasteiger partial charge in [0.15, 0.2) is 5.78 Å². The summed E-state index contributed by atoms with van der Waals surface area (Å²) in [5, 5.41) is 0. The number of piperazine rings is 1. The van der Waals surface area contributed by atoms with Crippen molar-refractivity contribution < 1.29 is 14.3 Å². The Balaban J connectivity index is 1.13. The van der Waals surface area contributed by atoms with Crippen LogP contribution in [0.2, 0.25) is 0 Å². The molecule has 0 radical (unpaired) electrons. The number of Topliss-reactive ketones (excluding diaryl/α,β-unsaturated/α-hetero) is 1. The molecule has 0 atom stereocenters. The Labute approximate surface area is 190 Å². The van der Waals surface area contributed by atoms with Crippen LogP contribution in [0.25, 0.3) is 0 Å². The number of likely N-dealkylation sites (tertiary alicyclic amines) is 1. The van der Waals surface area contributed by atoms with Gasteiger partial charge in [-0.25, -0.2) is 0 Å². The molecule has 0 spiro atoms. The number of ether oxygens (including phenoxy) is 1. The van der Waals surface area contributed by atoms with Crippen molar-refractivity contribution >= 4 is 11.7 Å². The number of hydrogen-bond acceptors (Lipinski definition) is 5. The lowest BCUT2D eigenvalue weighted by Gasteiger charge is -2.37. The van der Waals surface area contributed by atoms with Gasteiger partial charge in [-0.05, 0) is 38.1 Å². The number of carbonyl (C=O) groups is 2. The third-order valence-corrected chi connectivity index (χ3v) is 6.52. The molecule has 32 heavy (non-hydrogen) atoms. The van der Waals surface area contributed by atoms with Gasteiger partial charge in [0.2, 0.25) is 5.91 Å². The zero-order valence-electron chi connectivity index (χ0n) is 18.7. The Morgan fingerprint density at radius 2 is 1.41 bits per heavy atom. The first kappa shape index (κ1) is 22.5.